The maximum absolute atomic E-state index is 14.8. The molecular weight excluding hydrogens is 422 g/mol. The number of benzene rings is 2. The van der Waals surface area contributed by atoms with Crippen molar-refractivity contribution in [1.82, 2.24) is 19.9 Å². The minimum atomic E-state index is -0.677. The minimum Gasteiger partial charge on any atom is -0.340 e. The molecular formula is C26H24F2N4O. The molecule has 1 aliphatic carbocycles. The smallest absolute Gasteiger partial charge is 0.255 e. The molecule has 2 aromatic heterocycles. The Morgan fingerprint density at radius 2 is 1.79 bits per heavy atom. The van der Waals surface area contributed by atoms with Gasteiger partial charge in [-0.1, -0.05) is 18.2 Å². The van der Waals surface area contributed by atoms with Gasteiger partial charge in [0.2, 0.25) is 0 Å². The number of hydrogen-bond donors (Lipinski definition) is 2. The van der Waals surface area contributed by atoms with Gasteiger partial charge >= 0.3 is 0 Å². The molecule has 33 heavy (non-hydrogen) atoms. The quantitative estimate of drug-likeness (QED) is 0.454. The standard InChI is InChI=1S/C26H24F2N4O/c1-15-5-4-6-16(2)24(15)32-14-17(7-10-21(32)33)22-23(19-9-8-18(27)13-20(19)28)31-25(30-22)26(29-3)11-12-26/h4-10,13-14,29H,11-12H2,1-3H3,(H,30,31). The molecule has 0 unspecified atom stereocenters. The van der Waals surface area contributed by atoms with Crippen LogP contribution in [-0.2, 0) is 5.54 Å². The number of H-pyrrole nitrogens is 1. The fraction of sp³-hybridized carbons (Fsp3) is 0.231. The Labute approximate surface area is 190 Å². The number of aromatic nitrogens is 3. The summed E-state index contributed by atoms with van der Waals surface area (Å²) in [6.07, 6.45) is 3.55. The Morgan fingerprint density at radius 1 is 1.06 bits per heavy atom. The molecule has 0 aliphatic heterocycles. The highest BCUT2D eigenvalue weighted by molar-refractivity contribution is 5.79. The molecule has 0 amide bonds. The molecule has 2 aromatic carbocycles. The summed E-state index contributed by atoms with van der Waals surface area (Å²) in [6, 6.07) is 12.5. The SMILES string of the molecule is CNC1(c2nc(-c3ccc(=O)n(-c4c(C)cccc4C)c3)c(-c3ccc(F)cc3F)[nH]2)CC1. The number of rotatable bonds is 5. The molecule has 7 heteroatoms. The molecule has 2 N–H and O–H groups in total. The number of nitrogens with one attached hydrogen (secondary N) is 2. The third-order valence-corrected chi connectivity index (χ3v) is 6.45. The van der Waals surface area contributed by atoms with Crippen LogP contribution in [-0.4, -0.2) is 21.6 Å². The molecule has 0 bridgehead atoms. The van der Waals surface area contributed by atoms with E-state index in [2.05, 4.69) is 10.3 Å². The molecule has 1 saturated carbocycles. The second-order valence-corrected chi connectivity index (χ2v) is 8.63. The summed E-state index contributed by atoms with van der Waals surface area (Å²) in [5.41, 5.74) is 4.13. The lowest BCUT2D eigenvalue weighted by Gasteiger charge is -2.14. The highest BCUT2D eigenvalue weighted by Gasteiger charge is 2.46. The van der Waals surface area contributed by atoms with Crippen molar-refractivity contribution < 1.29 is 8.78 Å². The van der Waals surface area contributed by atoms with E-state index in [0.717, 1.165) is 35.7 Å². The molecule has 1 aliphatic rings. The van der Waals surface area contributed by atoms with Crippen molar-refractivity contribution >= 4 is 0 Å². The highest BCUT2D eigenvalue weighted by atomic mass is 19.1. The molecule has 168 valence electrons. The Hall–Kier alpha value is -3.58. The average molecular weight is 447 g/mol. The number of aromatic amines is 1. The normalized spacial score (nSPS) is 14.5. The molecule has 2 heterocycles. The van der Waals surface area contributed by atoms with E-state index in [4.69, 9.17) is 4.98 Å². The summed E-state index contributed by atoms with van der Waals surface area (Å²) in [4.78, 5) is 20.9. The summed E-state index contributed by atoms with van der Waals surface area (Å²) in [5.74, 6) is -0.623. The van der Waals surface area contributed by atoms with Gasteiger partial charge in [-0.15, -0.1) is 0 Å². The van der Waals surface area contributed by atoms with Gasteiger partial charge < -0.3 is 10.3 Å². The minimum absolute atomic E-state index is 0.171. The lowest BCUT2D eigenvalue weighted by Crippen LogP contribution is -2.25. The number of aryl methyl sites for hydroxylation is 2. The first-order valence-electron chi connectivity index (χ1n) is 10.9. The van der Waals surface area contributed by atoms with Crippen LogP contribution >= 0.6 is 0 Å². The van der Waals surface area contributed by atoms with Crippen LogP contribution in [0.1, 0.15) is 29.8 Å². The first kappa shape index (κ1) is 21.3. The van der Waals surface area contributed by atoms with E-state index in [-0.39, 0.29) is 16.7 Å². The van der Waals surface area contributed by atoms with Crippen LogP contribution in [0.15, 0.2) is 59.5 Å². The lowest BCUT2D eigenvalue weighted by molar-refractivity contribution is 0.553. The number of para-hydroxylation sites is 1. The molecule has 0 saturated heterocycles. The summed E-state index contributed by atoms with van der Waals surface area (Å²) in [7, 11) is 1.87. The van der Waals surface area contributed by atoms with Crippen LogP contribution in [0.4, 0.5) is 8.78 Å². The van der Waals surface area contributed by atoms with Crippen LogP contribution < -0.4 is 10.9 Å². The van der Waals surface area contributed by atoms with Crippen molar-refractivity contribution in [2.24, 2.45) is 0 Å². The first-order chi connectivity index (χ1) is 15.8. The second-order valence-electron chi connectivity index (χ2n) is 8.63. The third kappa shape index (κ3) is 3.58. The van der Waals surface area contributed by atoms with E-state index in [1.54, 1.807) is 16.8 Å². The van der Waals surface area contributed by atoms with Gasteiger partial charge in [-0.05, 0) is 63.1 Å². The lowest BCUT2D eigenvalue weighted by atomic mass is 10.0. The van der Waals surface area contributed by atoms with Crippen molar-refractivity contribution in [3.8, 4) is 28.2 Å². The molecule has 0 atom stereocenters. The fourth-order valence-corrected chi connectivity index (χ4v) is 4.41. The zero-order valence-corrected chi connectivity index (χ0v) is 18.7. The van der Waals surface area contributed by atoms with Crippen molar-refractivity contribution in [2.45, 2.75) is 32.2 Å². The second kappa shape index (κ2) is 7.78. The topological polar surface area (TPSA) is 62.7 Å². The van der Waals surface area contributed by atoms with Crippen LogP contribution in [0.3, 0.4) is 0 Å². The van der Waals surface area contributed by atoms with Crippen molar-refractivity contribution in [1.29, 1.82) is 0 Å². The summed E-state index contributed by atoms with van der Waals surface area (Å²) >= 11 is 0. The predicted octanol–water partition coefficient (Wildman–Crippen LogP) is 5.00. The van der Waals surface area contributed by atoms with Gasteiger partial charge in [0.05, 0.1) is 22.6 Å². The number of nitrogens with zero attached hydrogens (tertiary/aromatic N) is 2. The fourth-order valence-electron chi connectivity index (χ4n) is 4.41. The molecule has 0 spiro atoms. The maximum atomic E-state index is 14.8. The molecule has 5 rings (SSSR count). The molecule has 4 aromatic rings. The highest BCUT2D eigenvalue weighted by Crippen LogP contribution is 2.46. The zero-order valence-electron chi connectivity index (χ0n) is 18.7. The summed E-state index contributed by atoms with van der Waals surface area (Å²) in [5, 5.41) is 3.29. The van der Waals surface area contributed by atoms with E-state index in [1.807, 2.05) is 39.1 Å². The maximum Gasteiger partial charge on any atom is 0.255 e. The third-order valence-electron chi connectivity index (χ3n) is 6.45. The van der Waals surface area contributed by atoms with Crippen LogP contribution in [0, 0.1) is 25.5 Å². The van der Waals surface area contributed by atoms with E-state index < -0.39 is 11.6 Å². The number of pyridine rings is 1. The van der Waals surface area contributed by atoms with Gasteiger partial charge in [0.1, 0.15) is 17.5 Å². The summed E-state index contributed by atoms with van der Waals surface area (Å²) in [6.45, 7) is 3.91. The Kier molecular flexibility index (Phi) is 5.01. The van der Waals surface area contributed by atoms with Gasteiger partial charge in [-0.2, -0.15) is 0 Å². The van der Waals surface area contributed by atoms with Crippen LogP contribution in [0.25, 0.3) is 28.2 Å². The van der Waals surface area contributed by atoms with Crippen molar-refractivity contribution in [3.63, 3.8) is 0 Å². The van der Waals surface area contributed by atoms with Gasteiger partial charge in [-0.3, -0.25) is 9.36 Å². The monoisotopic (exact) mass is 446 g/mol. The first-order valence-corrected chi connectivity index (χ1v) is 10.9. The Bertz CT molecular complexity index is 1410. The molecule has 1 fully saturated rings. The van der Waals surface area contributed by atoms with Gasteiger partial charge in [0.15, 0.2) is 0 Å². The van der Waals surface area contributed by atoms with Gasteiger partial charge in [0.25, 0.3) is 5.56 Å². The van der Waals surface area contributed by atoms with Crippen molar-refractivity contribution in [3.05, 3.63) is 93.7 Å². The van der Waals surface area contributed by atoms with Gasteiger partial charge in [0, 0.05) is 29.5 Å². The van der Waals surface area contributed by atoms with Crippen LogP contribution in [0.2, 0.25) is 0 Å². The van der Waals surface area contributed by atoms with Crippen molar-refractivity contribution in [2.75, 3.05) is 7.05 Å². The average Bonchev–Trinajstić information content (AvgIpc) is 3.46. The number of imidazole rings is 1. The summed E-state index contributed by atoms with van der Waals surface area (Å²) < 4.78 is 30.0. The molecule has 0 radical (unpaired) electrons. The largest absolute Gasteiger partial charge is 0.340 e. The zero-order chi connectivity index (χ0) is 23.3. The van der Waals surface area contributed by atoms with Gasteiger partial charge in [-0.25, -0.2) is 13.8 Å². The predicted molar refractivity (Wildman–Crippen MR) is 124 cm³/mol. The molecule has 5 nitrogen and oxygen atoms in total. The van der Waals surface area contributed by atoms with E-state index in [9.17, 15) is 13.6 Å². The number of halogens is 2. The Balaban J connectivity index is 1.74. The van der Waals surface area contributed by atoms with E-state index in [1.165, 1.54) is 18.2 Å². The Morgan fingerprint density at radius 3 is 2.42 bits per heavy atom. The number of hydrogen-bond acceptors (Lipinski definition) is 3. The van der Waals surface area contributed by atoms with Crippen LogP contribution in [0.5, 0.6) is 0 Å². The van der Waals surface area contributed by atoms with E-state index in [0.29, 0.717) is 22.8 Å². The van der Waals surface area contributed by atoms with E-state index >= 15 is 0 Å².